The monoisotopic (exact) mass is 280 g/mol. The smallest absolute Gasteiger partial charge is 0.311 e. The number of hydrogen-bond donors (Lipinski definition) is 1. The molecule has 0 saturated heterocycles. The van der Waals surface area contributed by atoms with Crippen LogP contribution in [0.1, 0.15) is 39.2 Å². The first kappa shape index (κ1) is 16.4. The van der Waals surface area contributed by atoms with Crippen LogP contribution in [0, 0.1) is 16.0 Å². The Labute approximate surface area is 120 Å². The van der Waals surface area contributed by atoms with Gasteiger partial charge in [-0.15, -0.1) is 0 Å². The molecule has 5 nitrogen and oxygen atoms in total. The first-order valence-corrected chi connectivity index (χ1v) is 6.98. The predicted octanol–water partition coefficient (Wildman–Crippen LogP) is 3.52. The van der Waals surface area contributed by atoms with Crippen LogP contribution in [-0.2, 0) is 6.54 Å². The molecule has 0 saturated carbocycles. The number of nitrogens with zero attached hydrogens (tertiary/aromatic N) is 1. The van der Waals surface area contributed by atoms with E-state index in [1.807, 2.05) is 6.07 Å². The molecule has 0 radical (unpaired) electrons. The van der Waals surface area contributed by atoms with Gasteiger partial charge in [-0.3, -0.25) is 10.1 Å². The Bertz CT molecular complexity index is 447. The Morgan fingerprint density at radius 3 is 2.55 bits per heavy atom. The second-order valence-corrected chi connectivity index (χ2v) is 5.52. The van der Waals surface area contributed by atoms with Crippen molar-refractivity contribution in [3.05, 3.63) is 33.9 Å². The molecule has 1 N–H and O–H groups in total. The Balaban J connectivity index is 2.60. The third kappa shape index (κ3) is 5.17. The van der Waals surface area contributed by atoms with Gasteiger partial charge in [0.25, 0.3) is 0 Å². The zero-order valence-corrected chi connectivity index (χ0v) is 12.7. The number of nitrogens with one attached hydrogen (secondary N) is 1. The van der Waals surface area contributed by atoms with Crippen LogP contribution in [0.4, 0.5) is 5.69 Å². The SMILES string of the molecule is COc1ccc(CNC(C)CCC(C)C)cc1[N+](=O)[O-]. The third-order valence-corrected chi connectivity index (χ3v) is 3.27. The minimum Gasteiger partial charge on any atom is -0.490 e. The van der Waals surface area contributed by atoms with Gasteiger partial charge in [-0.05, 0) is 37.3 Å². The van der Waals surface area contributed by atoms with Crippen molar-refractivity contribution in [3.63, 3.8) is 0 Å². The minimum absolute atomic E-state index is 0.0154. The highest BCUT2D eigenvalue weighted by Gasteiger charge is 2.15. The zero-order chi connectivity index (χ0) is 15.1. The van der Waals surface area contributed by atoms with E-state index in [1.165, 1.54) is 13.5 Å². The quantitative estimate of drug-likeness (QED) is 0.584. The van der Waals surface area contributed by atoms with Crippen molar-refractivity contribution in [2.75, 3.05) is 7.11 Å². The van der Waals surface area contributed by atoms with Gasteiger partial charge in [-0.1, -0.05) is 19.9 Å². The lowest BCUT2D eigenvalue weighted by Gasteiger charge is -2.15. The molecule has 1 aromatic carbocycles. The van der Waals surface area contributed by atoms with E-state index in [1.54, 1.807) is 12.1 Å². The van der Waals surface area contributed by atoms with Crippen molar-refractivity contribution in [1.82, 2.24) is 5.32 Å². The Kier molecular flexibility index (Phi) is 6.45. The first-order chi connectivity index (χ1) is 9.43. The molecule has 112 valence electrons. The molecule has 0 bridgehead atoms. The number of nitro groups is 1. The number of methoxy groups -OCH3 is 1. The standard InChI is InChI=1S/C15H24N2O3/c1-11(2)5-6-12(3)16-10-13-7-8-15(20-4)14(9-13)17(18)19/h7-9,11-12,16H,5-6,10H2,1-4H3. The van der Waals surface area contributed by atoms with Gasteiger partial charge in [-0.2, -0.15) is 0 Å². The molecule has 0 aromatic heterocycles. The topological polar surface area (TPSA) is 64.4 Å². The Morgan fingerprint density at radius 1 is 1.30 bits per heavy atom. The molecule has 1 rings (SSSR count). The number of benzene rings is 1. The molecule has 1 unspecified atom stereocenters. The van der Waals surface area contributed by atoms with Gasteiger partial charge in [0.1, 0.15) is 0 Å². The lowest BCUT2D eigenvalue weighted by Crippen LogP contribution is -2.25. The summed E-state index contributed by atoms with van der Waals surface area (Å²) in [4.78, 5) is 10.5. The highest BCUT2D eigenvalue weighted by atomic mass is 16.6. The van der Waals surface area contributed by atoms with Crippen LogP contribution in [0.15, 0.2) is 18.2 Å². The summed E-state index contributed by atoms with van der Waals surface area (Å²) in [5, 5.41) is 14.3. The van der Waals surface area contributed by atoms with Crippen molar-refractivity contribution in [3.8, 4) is 5.75 Å². The van der Waals surface area contributed by atoms with Crippen LogP contribution >= 0.6 is 0 Å². The minimum atomic E-state index is -0.412. The van der Waals surface area contributed by atoms with Gasteiger partial charge in [0, 0.05) is 18.7 Å². The maximum absolute atomic E-state index is 11.0. The van der Waals surface area contributed by atoms with Crippen molar-refractivity contribution < 1.29 is 9.66 Å². The fourth-order valence-corrected chi connectivity index (χ4v) is 1.97. The molecule has 20 heavy (non-hydrogen) atoms. The van der Waals surface area contributed by atoms with E-state index in [0.29, 0.717) is 24.3 Å². The largest absolute Gasteiger partial charge is 0.490 e. The fraction of sp³-hybridized carbons (Fsp3) is 0.600. The van der Waals surface area contributed by atoms with Crippen LogP contribution in [-0.4, -0.2) is 18.1 Å². The number of rotatable bonds is 8. The van der Waals surface area contributed by atoms with E-state index in [4.69, 9.17) is 4.74 Å². The van der Waals surface area contributed by atoms with Gasteiger partial charge < -0.3 is 10.1 Å². The molecule has 0 aliphatic carbocycles. The number of hydrogen-bond acceptors (Lipinski definition) is 4. The van der Waals surface area contributed by atoms with Crippen LogP contribution in [0.2, 0.25) is 0 Å². The molecule has 5 heteroatoms. The van der Waals surface area contributed by atoms with Crippen molar-refractivity contribution in [2.45, 2.75) is 46.2 Å². The molecule has 1 aromatic rings. The number of nitro benzene ring substituents is 1. The summed E-state index contributed by atoms with van der Waals surface area (Å²) >= 11 is 0. The maximum atomic E-state index is 11.0. The van der Waals surface area contributed by atoms with Crippen LogP contribution in [0.25, 0.3) is 0 Å². The summed E-state index contributed by atoms with van der Waals surface area (Å²) in [5.74, 6) is 0.993. The third-order valence-electron chi connectivity index (χ3n) is 3.27. The molecule has 0 fully saturated rings. The van der Waals surface area contributed by atoms with Crippen LogP contribution < -0.4 is 10.1 Å². The van der Waals surface area contributed by atoms with Crippen molar-refractivity contribution in [1.29, 1.82) is 0 Å². The molecular formula is C15H24N2O3. The molecule has 0 aliphatic heterocycles. The normalized spacial score (nSPS) is 12.4. The molecule has 1 atom stereocenters. The second-order valence-electron chi connectivity index (χ2n) is 5.52. The zero-order valence-electron chi connectivity index (χ0n) is 12.7. The van der Waals surface area contributed by atoms with Gasteiger partial charge in [0.2, 0.25) is 0 Å². The average molecular weight is 280 g/mol. The average Bonchev–Trinajstić information content (AvgIpc) is 2.42. The molecular weight excluding hydrogens is 256 g/mol. The van der Waals surface area contributed by atoms with E-state index < -0.39 is 4.92 Å². The maximum Gasteiger partial charge on any atom is 0.311 e. The summed E-state index contributed by atoms with van der Waals surface area (Å²) in [6.07, 6.45) is 2.28. The van der Waals surface area contributed by atoms with E-state index in [-0.39, 0.29) is 5.69 Å². The first-order valence-electron chi connectivity index (χ1n) is 6.98. The summed E-state index contributed by atoms with van der Waals surface area (Å²) in [6.45, 7) is 7.18. The van der Waals surface area contributed by atoms with Gasteiger partial charge in [-0.25, -0.2) is 0 Å². The summed E-state index contributed by atoms with van der Waals surface area (Å²) in [6, 6.07) is 5.47. The van der Waals surface area contributed by atoms with Crippen molar-refractivity contribution >= 4 is 5.69 Å². The second kappa shape index (κ2) is 7.85. The van der Waals surface area contributed by atoms with E-state index in [9.17, 15) is 10.1 Å². The van der Waals surface area contributed by atoms with Gasteiger partial charge in [0.05, 0.1) is 12.0 Å². The van der Waals surface area contributed by atoms with Crippen molar-refractivity contribution in [2.24, 2.45) is 5.92 Å². The predicted molar refractivity (Wildman–Crippen MR) is 80.0 cm³/mol. The van der Waals surface area contributed by atoms with Gasteiger partial charge in [0.15, 0.2) is 5.75 Å². The highest BCUT2D eigenvalue weighted by molar-refractivity contribution is 5.48. The number of ether oxygens (including phenoxy) is 1. The lowest BCUT2D eigenvalue weighted by atomic mass is 10.0. The van der Waals surface area contributed by atoms with Gasteiger partial charge >= 0.3 is 5.69 Å². The molecule has 0 heterocycles. The molecule has 0 aliphatic rings. The van der Waals surface area contributed by atoms with E-state index in [2.05, 4.69) is 26.1 Å². The van der Waals surface area contributed by atoms with Crippen LogP contribution in [0.3, 0.4) is 0 Å². The summed E-state index contributed by atoms with van der Waals surface area (Å²) in [5.41, 5.74) is 0.913. The van der Waals surface area contributed by atoms with E-state index in [0.717, 1.165) is 12.0 Å². The fourth-order valence-electron chi connectivity index (χ4n) is 1.97. The highest BCUT2D eigenvalue weighted by Crippen LogP contribution is 2.27. The molecule has 0 amide bonds. The summed E-state index contributed by atoms with van der Waals surface area (Å²) in [7, 11) is 1.44. The lowest BCUT2D eigenvalue weighted by molar-refractivity contribution is -0.385. The molecule has 0 spiro atoms. The van der Waals surface area contributed by atoms with Crippen LogP contribution in [0.5, 0.6) is 5.75 Å². The summed E-state index contributed by atoms with van der Waals surface area (Å²) < 4.78 is 4.99. The van der Waals surface area contributed by atoms with E-state index >= 15 is 0 Å². The Morgan fingerprint density at radius 2 is 2.00 bits per heavy atom. The Hall–Kier alpha value is -1.62.